The van der Waals surface area contributed by atoms with E-state index in [1.54, 1.807) is 0 Å². The molecule has 2 saturated carbocycles. The van der Waals surface area contributed by atoms with E-state index in [2.05, 4.69) is 12.2 Å². The molecule has 1 N–H and O–H groups in total. The molecule has 0 radical (unpaired) electrons. The standard InChI is InChI=1S/C15H22N2O3/c1-2-14(6-3-4-7-14)10-17-12(19)15(8-5-9-15)11(18)16-13(17)20/h2-10H2,1H3,(H,16,18,20). The van der Waals surface area contributed by atoms with Crippen molar-refractivity contribution in [1.82, 2.24) is 10.2 Å². The second-order valence-corrected chi connectivity index (χ2v) is 6.65. The predicted molar refractivity (Wildman–Crippen MR) is 72.7 cm³/mol. The summed E-state index contributed by atoms with van der Waals surface area (Å²) in [6, 6.07) is -0.516. The Balaban J connectivity index is 1.83. The Morgan fingerprint density at radius 2 is 1.70 bits per heavy atom. The predicted octanol–water partition coefficient (Wildman–Crippen LogP) is 2.21. The summed E-state index contributed by atoms with van der Waals surface area (Å²) >= 11 is 0. The van der Waals surface area contributed by atoms with Gasteiger partial charge in [0.05, 0.1) is 0 Å². The topological polar surface area (TPSA) is 66.5 Å². The third-order valence-electron chi connectivity index (χ3n) is 5.67. The second-order valence-electron chi connectivity index (χ2n) is 6.65. The van der Waals surface area contributed by atoms with Gasteiger partial charge in [-0.25, -0.2) is 4.79 Å². The fraction of sp³-hybridized carbons (Fsp3) is 0.800. The Kier molecular flexibility index (Phi) is 3.10. The van der Waals surface area contributed by atoms with Crippen LogP contribution in [0.1, 0.15) is 58.3 Å². The third kappa shape index (κ3) is 1.79. The number of urea groups is 1. The van der Waals surface area contributed by atoms with Gasteiger partial charge in [-0.15, -0.1) is 0 Å². The maximum Gasteiger partial charge on any atom is 0.330 e. The first kappa shape index (κ1) is 13.6. The number of amides is 4. The highest BCUT2D eigenvalue weighted by molar-refractivity contribution is 6.19. The number of nitrogens with zero attached hydrogens (tertiary/aromatic N) is 1. The minimum atomic E-state index is -0.929. The minimum absolute atomic E-state index is 0.0678. The van der Waals surface area contributed by atoms with Crippen molar-refractivity contribution in [1.29, 1.82) is 0 Å². The van der Waals surface area contributed by atoms with E-state index in [-0.39, 0.29) is 17.2 Å². The molecular weight excluding hydrogens is 256 g/mol. The maximum atomic E-state index is 12.6. The van der Waals surface area contributed by atoms with Crippen LogP contribution in [0, 0.1) is 10.8 Å². The van der Waals surface area contributed by atoms with Gasteiger partial charge in [-0.1, -0.05) is 26.2 Å². The summed E-state index contributed by atoms with van der Waals surface area (Å²) in [6.07, 6.45) is 7.51. The van der Waals surface area contributed by atoms with Crippen molar-refractivity contribution in [3.8, 4) is 0 Å². The fourth-order valence-electron chi connectivity index (χ4n) is 3.93. The van der Waals surface area contributed by atoms with Crippen LogP contribution < -0.4 is 5.32 Å². The lowest BCUT2D eigenvalue weighted by atomic mass is 9.66. The molecule has 1 spiro atoms. The first-order chi connectivity index (χ1) is 9.53. The molecule has 3 rings (SSSR count). The summed E-state index contributed by atoms with van der Waals surface area (Å²) in [5.74, 6) is -0.635. The smallest absolute Gasteiger partial charge is 0.277 e. The van der Waals surface area contributed by atoms with Gasteiger partial charge in [-0.05, 0) is 37.5 Å². The van der Waals surface area contributed by atoms with Gasteiger partial charge in [0.15, 0.2) is 0 Å². The van der Waals surface area contributed by atoms with Crippen LogP contribution in [0.4, 0.5) is 4.79 Å². The molecule has 5 nitrogen and oxygen atoms in total. The van der Waals surface area contributed by atoms with Crippen molar-refractivity contribution in [3.05, 3.63) is 0 Å². The highest BCUT2D eigenvalue weighted by Crippen LogP contribution is 2.47. The molecule has 3 fully saturated rings. The molecule has 110 valence electrons. The van der Waals surface area contributed by atoms with Crippen molar-refractivity contribution in [2.24, 2.45) is 10.8 Å². The van der Waals surface area contributed by atoms with E-state index in [9.17, 15) is 14.4 Å². The summed E-state index contributed by atoms with van der Waals surface area (Å²) in [7, 11) is 0. The molecule has 1 heterocycles. The number of nitrogens with one attached hydrogen (secondary N) is 1. The fourth-order valence-corrected chi connectivity index (χ4v) is 3.93. The molecule has 20 heavy (non-hydrogen) atoms. The van der Waals surface area contributed by atoms with Crippen molar-refractivity contribution in [3.63, 3.8) is 0 Å². The first-order valence-electron chi connectivity index (χ1n) is 7.70. The summed E-state index contributed by atoms with van der Waals surface area (Å²) in [5.41, 5.74) is -0.861. The zero-order valence-electron chi connectivity index (χ0n) is 12.0. The van der Waals surface area contributed by atoms with E-state index in [1.165, 1.54) is 17.7 Å². The number of barbiturate groups is 1. The zero-order chi connectivity index (χ0) is 14.4. The summed E-state index contributed by atoms with van der Waals surface area (Å²) in [6.45, 7) is 2.60. The SMILES string of the molecule is CCC1(CN2C(=O)NC(=O)C3(CCC3)C2=O)CCCC1. The van der Waals surface area contributed by atoms with Crippen molar-refractivity contribution in [2.75, 3.05) is 6.54 Å². The van der Waals surface area contributed by atoms with Crippen LogP contribution >= 0.6 is 0 Å². The van der Waals surface area contributed by atoms with Crippen molar-refractivity contribution in [2.45, 2.75) is 58.3 Å². The minimum Gasteiger partial charge on any atom is -0.277 e. The summed E-state index contributed by atoms with van der Waals surface area (Å²) in [5, 5.41) is 2.40. The largest absolute Gasteiger partial charge is 0.330 e. The number of hydrogen-bond acceptors (Lipinski definition) is 3. The molecule has 0 aromatic rings. The van der Waals surface area contributed by atoms with E-state index in [0.717, 1.165) is 25.7 Å². The molecule has 3 aliphatic rings. The van der Waals surface area contributed by atoms with Crippen LogP contribution in [0.5, 0.6) is 0 Å². The second kappa shape index (κ2) is 4.57. The lowest BCUT2D eigenvalue weighted by Crippen LogP contribution is -2.67. The van der Waals surface area contributed by atoms with Crippen LogP contribution in [0.15, 0.2) is 0 Å². The van der Waals surface area contributed by atoms with Gasteiger partial charge in [0.25, 0.3) is 0 Å². The van der Waals surface area contributed by atoms with Crippen molar-refractivity contribution >= 4 is 17.8 Å². The van der Waals surface area contributed by atoms with Gasteiger partial charge in [0.2, 0.25) is 11.8 Å². The average molecular weight is 278 g/mol. The van der Waals surface area contributed by atoms with Gasteiger partial charge in [-0.3, -0.25) is 19.8 Å². The molecule has 1 saturated heterocycles. The molecule has 0 bridgehead atoms. The van der Waals surface area contributed by atoms with Gasteiger partial charge in [-0.2, -0.15) is 0 Å². The number of carbonyl (C=O) groups is 3. The van der Waals surface area contributed by atoms with E-state index in [1.807, 2.05) is 0 Å². The summed E-state index contributed by atoms with van der Waals surface area (Å²) < 4.78 is 0. The van der Waals surface area contributed by atoms with E-state index >= 15 is 0 Å². The van der Waals surface area contributed by atoms with Crippen LogP contribution in [0.2, 0.25) is 0 Å². The van der Waals surface area contributed by atoms with Crippen LogP contribution in [0.25, 0.3) is 0 Å². The average Bonchev–Trinajstić information content (AvgIpc) is 2.82. The van der Waals surface area contributed by atoms with Gasteiger partial charge < -0.3 is 0 Å². The van der Waals surface area contributed by atoms with Crippen LogP contribution in [0.3, 0.4) is 0 Å². The molecule has 0 aromatic carbocycles. The Labute approximate surface area is 119 Å². The Bertz CT molecular complexity index is 462. The molecule has 4 amide bonds. The number of imide groups is 2. The lowest BCUT2D eigenvalue weighted by molar-refractivity contribution is -0.158. The molecule has 1 aliphatic heterocycles. The number of hydrogen-bond donors (Lipinski definition) is 1. The van der Waals surface area contributed by atoms with E-state index in [0.29, 0.717) is 19.4 Å². The van der Waals surface area contributed by atoms with Gasteiger partial charge >= 0.3 is 6.03 Å². The van der Waals surface area contributed by atoms with E-state index < -0.39 is 11.4 Å². The Morgan fingerprint density at radius 1 is 1.05 bits per heavy atom. The monoisotopic (exact) mass is 278 g/mol. The number of rotatable bonds is 3. The third-order valence-corrected chi connectivity index (χ3v) is 5.67. The first-order valence-corrected chi connectivity index (χ1v) is 7.70. The maximum absolute atomic E-state index is 12.6. The van der Waals surface area contributed by atoms with E-state index in [4.69, 9.17) is 0 Å². The molecule has 0 unspecified atom stereocenters. The molecule has 5 heteroatoms. The van der Waals surface area contributed by atoms with Gasteiger partial charge in [0.1, 0.15) is 5.41 Å². The van der Waals surface area contributed by atoms with Gasteiger partial charge in [0, 0.05) is 6.54 Å². The lowest BCUT2D eigenvalue weighted by Gasteiger charge is -2.46. The molecule has 2 aliphatic carbocycles. The molecule has 0 atom stereocenters. The van der Waals surface area contributed by atoms with Crippen LogP contribution in [-0.4, -0.2) is 29.3 Å². The Morgan fingerprint density at radius 3 is 2.20 bits per heavy atom. The molecular formula is C15H22N2O3. The van der Waals surface area contributed by atoms with Crippen LogP contribution in [-0.2, 0) is 9.59 Å². The normalized spacial score (nSPS) is 27.6. The molecule has 0 aromatic heterocycles. The van der Waals surface area contributed by atoms with Crippen molar-refractivity contribution < 1.29 is 14.4 Å². The quantitative estimate of drug-likeness (QED) is 0.805. The number of carbonyl (C=O) groups excluding carboxylic acids is 3. The highest BCUT2D eigenvalue weighted by Gasteiger charge is 2.58. The highest BCUT2D eigenvalue weighted by atomic mass is 16.2. The Hall–Kier alpha value is -1.39. The zero-order valence-corrected chi connectivity index (χ0v) is 12.0. The summed E-state index contributed by atoms with van der Waals surface area (Å²) in [4.78, 5) is 38.0.